The number of rotatable bonds is 4. The van der Waals surface area contributed by atoms with Crippen molar-refractivity contribution >= 4 is 0 Å². The van der Waals surface area contributed by atoms with Crippen molar-refractivity contribution in [3.05, 3.63) is 0 Å². The first-order valence-corrected chi connectivity index (χ1v) is 5.51. The van der Waals surface area contributed by atoms with E-state index in [0.717, 1.165) is 25.9 Å². The third kappa shape index (κ3) is 5.37. The van der Waals surface area contributed by atoms with E-state index < -0.39 is 12.7 Å². The van der Waals surface area contributed by atoms with Crippen LogP contribution in [0.15, 0.2) is 0 Å². The summed E-state index contributed by atoms with van der Waals surface area (Å²) in [6.07, 6.45) is -2.29. The molecule has 90 valence electrons. The molecule has 2 nitrogen and oxygen atoms in total. The number of hydrogen-bond acceptors (Lipinski definition) is 2. The van der Waals surface area contributed by atoms with Crippen LogP contribution in [-0.2, 0) is 0 Å². The smallest absolute Gasteiger partial charge is 0.317 e. The molecule has 5 heteroatoms. The zero-order chi connectivity index (χ0) is 11.3. The molecular weight excluding hydrogens is 205 g/mol. The van der Waals surface area contributed by atoms with Crippen molar-refractivity contribution in [3.8, 4) is 0 Å². The molecule has 0 saturated carbocycles. The Morgan fingerprint density at radius 3 is 2.33 bits per heavy atom. The van der Waals surface area contributed by atoms with Gasteiger partial charge in [-0.3, -0.25) is 4.90 Å². The van der Waals surface area contributed by atoms with E-state index in [1.165, 1.54) is 4.90 Å². The Morgan fingerprint density at radius 2 is 1.87 bits per heavy atom. The minimum atomic E-state index is -4.05. The van der Waals surface area contributed by atoms with E-state index in [2.05, 4.69) is 5.32 Å². The Labute approximate surface area is 88.8 Å². The van der Waals surface area contributed by atoms with Gasteiger partial charge < -0.3 is 5.32 Å². The average Bonchev–Trinajstić information content (AvgIpc) is 2.14. The van der Waals surface area contributed by atoms with Crippen molar-refractivity contribution in [1.29, 1.82) is 0 Å². The number of alkyl halides is 3. The highest BCUT2D eigenvalue weighted by atomic mass is 19.4. The highest BCUT2D eigenvalue weighted by Crippen LogP contribution is 2.21. The van der Waals surface area contributed by atoms with Crippen LogP contribution in [0.3, 0.4) is 0 Å². The van der Waals surface area contributed by atoms with E-state index in [4.69, 9.17) is 0 Å². The van der Waals surface area contributed by atoms with Crippen LogP contribution in [0.1, 0.15) is 19.8 Å². The molecule has 1 rings (SSSR count). The number of hydrogen-bond donors (Lipinski definition) is 1. The molecule has 0 bridgehead atoms. The van der Waals surface area contributed by atoms with Crippen LogP contribution in [0.2, 0.25) is 0 Å². The van der Waals surface area contributed by atoms with Crippen molar-refractivity contribution < 1.29 is 13.2 Å². The molecule has 1 fully saturated rings. The Morgan fingerprint density at radius 1 is 1.27 bits per heavy atom. The summed E-state index contributed by atoms with van der Waals surface area (Å²) in [5.74, 6) is 0.550. The fraction of sp³-hybridized carbons (Fsp3) is 1.00. The summed E-state index contributed by atoms with van der Waals surface area (Å²) in [7, 11) is 0. The van der Waals surface area contributed by atoms with Gasteiger partial charge >= 0.3 is 6.18 Å². The van der Waals surface area contributed by atoms with Gasteiger partial charge in [0.05, 0.1) is 6.54 Å². The molecule has 1 N–H and O–H groups in total. The van der Waals surface area contributed by atoms with E-state index >= 15 is 0 Å². The first-order chi connectivity index (χ1) is 7.01. The third-order valence-electron chi connectivity index (χ3n) is 2.79. The molecule has 0 atom stereocenters. The van der Waals surface area contributed by atoms with Crippen molar-refractivity contribution in [2.45, 2.75) is 25.9 Å². The van der Waals surface area contributed by atoms with Crippen LogP contribution in [0.25, 0.3) is 0 Å². The Kier molecular flexibility index (Phi) is 4.86. The molecule has 0 radical (unpaired) electrons. The number of halogens is 3. The van der Waals surface area contributed by atoms with Gasteiger partial charge in [-0.2, -0.15) is 13.2 Å². The fourth-order valence-corrected chi connectivity index (χ4v) is 1.95. The van der Waals surface area contributed by atoms with Crippen molar-refractivity contribution in [2.75, 3.05) is 32.7 Å². The van der Waals surface area contributed by atoms with Crippen LogP contribution in [-0.4, -0.2) is 43.8 Å². The van der Waals surface area contributed by atoms with Crippen LogP contribution in [0.5, 0.6) is 0 Å². The molecule has 0 spiro atoms. The predicted molar refractivity (Wildman–Crippen MR) is 53.8 cm³/mol. The summed E-state index contributed by atoms with van der Waals surface area (Å²) >= 11 is 0. The largest absolute Gasteiger partial charge is 0.401 e. The second-order valence-electron chi connectivity index (χ2n) is 4.14. The van der Waals surface area contributed by atoms with Crippen molar-refractivity contribution in [1.82, 2.24) is 10.2 Å². The van der Waals surface area contributed by atoms with Crippen LogP contribution in [0.4, 0.5) is 13.2 Å². The van der Waals surface area contributed by atoms with Crippen LogP contribution < -0.4 is 5.32 Å². The summed E-state index contributed by atoms with van der Waals surface area (Å²) in [5.41, 5.74) is 0. The quantitative estimate of drug-likeness (QED) is 0.784. The lowest BCUT2D eigenvalue weighted by atomic mass is 9.97. The van der Waals surface area contributed by atoms with Gasteiger partial charge in [0.2, 0.25) is 0 Å². The Bertz CT molecular complexity index is 174. The number of likely N-dealkylation sites (tertiary alicyclic amines) is 1. The van der Waals surface area contributed by atoms with Crippen LogP contribution >= 0.6 is 0 Å². The van der Waals surface area contributed by atoms with Gasteiger partial charge in [-0.25, -0.2) is 0 Å². The zero-order valence-corrected chi connectivity index (χ0v) is 9.11. The molecule has 15 heavy (non-hydrogen) atoms. The molecule has 0 aliphatic carbocycles. The van der Waals surface area contributed by atoms with Gasteiger partial charge in [0.25, 0.3) is 0 Å². The van der Waals surface area contributed by atoms with E-state index in [-0.39, 0.29) is 0 Å². The van der Waals surface area contributed by atoms with E-state index in [1.807, 2.05) is 6.92 Å². The van der Waals surface area contributed by atoms with Crippen molar-refractivity contribution in [3.63, 3.8) is 0 Å². The monoisotopic (exact) mass is 224 g/mol. The molecule has 0 unspecified atom stereocenters. The van der Waals surface area contributed by atoms with Gasteiger partial charge in [0.1, 0.15) is 0 Å². The maximum Gasteiger partial charge on any atom is 0.401 e. The second kappa shape index (κ2) is 5.70. The standard InChI is InChI=1S/C10H19F3N2/c1-2-14-7-9-3-5-15(6-4-9)8-10(11,12)13/h9,14H,2-8H2,1H3. The first-order valence-electron chi connectivity index (χ1n) is 5.51. The highest BCUT2D eigenvalue weighted by molar-refractivity contribution is 4.75. The normalized spacial score (nSPS) is 20.8. The lowest BCUT2D eigenvalue weighted by molar-refractivity contribution is -0.148. The van der Waals surface area contributed by atoms with Gasteiger partial charge in [-0.15, -0.1) is 0 Å². The Balaban J connectivity index is 2.18. The third-order valence-corrected chi connectivity index (χ3v) is 2.79. The average molecular weight is 224 g/mol. The van der Waals surface area contributed by atoms with Gasteiger partial charge in [0.15, 0.2) is 0 Å². The first kappa shape index (κ1) is 12.8. The fourth-order valence-electron chi connectivity index (χ4n) is 1.95. The maximum absolute atomic E-state index is 12.1. The second-order valence-corrected chi connectivity index (χ2v) is 4.14. The zero-order valence-electron chi connectivity index (χ0n) is 9.11. The number of piperidine rings is 1. The summed E-state index contributed by atoms with van der Waals surface area (Å²) in [6, 6.07) is 0. The van der Waals surface area contributed by atoms with E-state index in [1.54, 1.807) is 0 Å². The lowest BCUT2D eigenvalue weighted by Crippen LogP contribution is -2.41. The van der Waals surface area contributed by atoms with Gasteiger partial charge in [-0.05, 0) is 44.9 Å². The van der Waals surface area contributed by atoms with E-state index in [9.17, 15) is 13.2 Å². The molecule has 1 saturated heterocycles. The Hall–Kier alpha value is -0.290. The molecule has 0 aromatic carbocycles. The maximum atomic E-state index is 12.1. The molecule has 1 aliphatic rings. The van der Waals surface area contributed by atoms with Gasteiger partial charge in [0, 0.05) is 0 Å². The molecule has 1 heterocycles. The van der Waals surface area contributed by atoms with Crippen LogP contribution in [0, 0.1) is 5.92 Å². The number of nitrogens with one attached hydrogen (secondary N) is 1. The van der Waals surface area contributed by atoms with Crippen molar-refractivity contribution in [2.24, 2.45) is 5.92 Å². The minimum Gasteiger partial charge on any atom is -0.317 e. The number of nitrogens with zero attached hydrogens (tertiary/aromatic N) is 1. The highest BCUT2D eigenvalue weighted by Gasteiger charge is 2.32. The minimum absolute atomic E-state index is 0.550. The summed E-state index contributed by atoms with van der Waals surface area (Å²) in [6.45, 7) is 4.32. The SMILES string of the molecule is CCNCC1CCN(CC(F)(F)F)CC1. The molecular formula is C10H19F3N2. The summed E-state index contributed by atoms with van der Waals surface area (Å²) < 4.78 is 36.3. The molecule has 0 aromatic rings. The topological polar surface area (TPSA) is 15.3 Å². The summed E-state index contributed by atoms with van der Waals surface area (Å²) in [4.78, 5) is 1.50. The van der Waals surface area contributed by atoms with E-state index in [0.29, 0.717) is 19.0 Å². The lowest BCUT2D eigenvalue weighted by Gasteiger charge is -2.32. The van der Waals surface area contributed by atoms with Gasteiger partial charge in [-0.1, -0.05) is 6.92 Å². The summed E-state index contributed by atoms with van der Waals surface area (Å²) in [5, 5.41) is 3.24. The molecule has 0 aromatic heterocycles. The molecule has 0 amide bonds. The molecule has 1 aliphatic heterocycles. The predicted octanol–water partition coefficient (Wildman–Crippen LogP) is 1.87.